The molecule has 0 aromatic carbocycles. The molecule has 2 aliphatic rings. The van der Waals surface area contributed by atoms with Crippen LogP contribution in [0.25, 0.3) is 0 Å². The predicted octanol–water partition coefficient (Wildman–Crippen LogP) is 3.45. The molecule has 0 saturated heterocycles. The van der Waals surface area contributed by atoms with E-state index in [9.17, 15) is 4.79 Å². The van der Waals surface area contributed by atoms with E-state index in [4.69, 9.17) is 0 Å². The quantitative estimate of drug-likeness (QED) is 0.904. The second kappa shape index (κ2) is 7.07. The minimum Gasteiger partial charge on any atom is -0.311 e. The van der Waals surface area contributed by atoms with E-state index in [1.807, 2.05) is 22.1 Å². The van der Waals surface area contributed by atoms with E-state index < -0.39 is 0 Å². The Morgan fingerprint density at radius 3 is 3.08 bits per heavy atom. The summed E-state index contributed by atoms with van der Waals surface area (Å²) in [7, 11) is 0. The van der Waals surface area contributed by atoms with Crippen molar-refractivity contribution >= 4 is 23.1 Å². The maximum atomic E-state index is 12.3. The Kier molecular flexibility index (Phi) is 4.67. The monoisotopic (exact) mass is 344 g/mol. The summed E-state index contributed by atoms with van der Waals surface area (Å²) in [5.41, 5.74) is 1.44. The van der Waals surface area contributed by atoms with Crippen molar-refractivity contribution in [3.63, 3.8) is 0 Å². The Hall–Kier alpha value is -1.66. The molecule has 0 bridgehead atoms. The van der Waals surface area contributed by atoms with Gasteiger partial charge in [-0.15, -0.1) is 11.3 Å². The number of aromatic nitrogens is 2. The van der Waals surface area contributed by atoms with Crippen LogP contribution in [0.15, 0.2) is 23.7 Å². The van der Waals surface area contributed by atoms with E-state index in [1.54, 1.807) is 6.20 Å². The molecule has 1 saturated carbocycles. The van der Waals surface area contributed by atoms with Crippen molar-refractivity contribution in [3.05, 3.63) is 34.2 Å². The third kappa shape index (κ3) is 3.39. The Morgan fingerprint density at radius 2 is 2.21 bits per heavy atom. The van der Waals surface area contributed by atoms with Crippen LogP contribution < -0.4 is 5.32 Å². The zero-order chi connectivity index (χ0) is 16.4. The number of rotatable bonds is 5. The molecule has 24 heavy (non-hydrogen) atoms. The molecule has 1 amide bonds. The maximum Gasteiger partial charge on any atom is 0.226 e. The van der Waals surface area contributed by atoms with Crippen LogP contribution in [0.2, 0.25) is 0 Å². The Morgan fingerprint density at radius 1 is 1.33 bits per heavy atom. The number of fused-ring (bicyclic) bond motifs is 1. The topological polar surface area (TPSA) is 50.2 Å². The first-order chi connectivity index (χ1) is 11.8. The minimum absolute atomic E-state index is 0.0888. The van der Waals surface area contributed by atoms with Gasteiger partial charge in [-0.3, -0.25) is 9.69 Å². The number of hydrogen-bond acceptors (Lipinski definition) is 4. The fraction of sp³-hybridized carbons (Fsp3) is 0.556. The fourth-order valence-corrected chi connectivity index (χ4v) is 4.71. The van der Waals surface area contributed by atoms with Crippen LogP contribution in [0.3, 0.4) is 0 Å². The summed E-state index contributed by atoms with van der Waals surface area (Å²) in [5, 5.41) is 9.64. The number of thiophene rings is 1. The van der Waals surface area contributed by atoms with Crippen molar-refractivity contribution in [2.45, 2.75) is 51.1 Å². The molecule has 1 fully saturated rings. The number of amides is 1. The lowest BCUT2D eigenvalue weighted by molar-refractivity contribution is -0.116. The van der Waals surface area contributed by atoms with Gasteiger partial charge in [0, 0.05) is 37.0 Å². The first kappa shape index (κ1) is 15.8. The molecule has 4 rings (SSSR count). The van der Waals surface area contributed by atoms with Crippen molar-refractivity contribution in [1.29, 1.82) is 0 Å². The molecule has 0 spiro atoms. The molecule has 2 aromatic heterocycles. The molecule has 6 heteroatoms. The van der Waals surface area contributed by atoms with E-state index in [2.05, 4.69) is 26.8 Å². The Bertz CT molecular complexity index is 701. The molecule has 1 aliphatic carbocycles. The van der Waals surface area contributed by atoms with Gasteiger partial charge in [-0.1, -0.05) is 12.8 Å². The molecule has 1 aliphatic heterocycles. The van der Waals surface area contributed by atoms with E-state index >= 15 is 0 Å². The van der Waals surface area contributed by atoms with Gasteiger partial charge in [-0.25, -0.2) is 4.68 Å². The molecule has 1 N–H and O–H groups in total. The third-order valence-corrected chi connectivity index (χ3v) is 6.17. The molecule has 3 heterocycles. The molecule has 5 nitrogen and oxygen atoms in total. The van der Waals surface area contributed by atoms with Gasteiger partial charge in [-0.2, -0.15) is 5.10 Å². The van der Waals surface area contributed by atoms with E-state index in [-0.39, 0.29) is 5.91 Å². The second-order valence-electron chi connectivity index (χ2n) is 6.79. The number of carbonyl (C=O) groups is 1. The minimum atomic E-state index is 0.0888. The SMILES string of the molecule is O=C(CCN1CCc2sccc2C1)Nc1ccnn1C1CCCC1. The van der Waals surface area contributed by atoms with Gasteiger partial charge in [0.05, 0.1) is 12.2 Å². The van der Waals surface area contributed by atoms with Crippen LogP contribution in [0.4, 0.5) is 5.82 Å². The Labute approximate surface area is 146 Å². The normalized spacial score (nSPS) is 18.7. The molecule has 128 valence electrons. The van der Waals surface area contributed by atoms with Crippen molar-refractivity contribution in [2.75, 3.05) is 18.4 Å². The highest BCUT2D eigenvalue weighted by Gasteiger charge is 2.21. The highest BCUT2D eigenvalue weighted by Crippen LogP contribution is 2.31. The van der Waals surface area contributed by atoms with Gasteiger partial charge in [0.25, 0.3) is 0 Å². The highest BCUT2D eigenvalue weighted by atomic mass is 32.1. The van der Waals surface area contributed by atoms with Crippen LogP contribution in [-0.4, -0.2) is 33.7 Å². The lowest BCUT2D eigenvalue weighted by atomic mass is 10.1. The van der Waals surface area contributed by atoms with E-state index in [0.29, 0.717) is 12.5 Å². The number of hydrogen-bond donors (Lipinski definition) is 1. The van der Waals surface area contributed by atoms with Crippen LogP contribution in [0.5, 0.6) is 0 Å². The summed E-state index contributed by atoms with van der Waals surface area (Å²) in [6.45, 7) is 2.85. The van der Waals surface area contributed by atoms with E-state index in [0.717, 1.165) is 31.9 Å². The van der Waals surface area contributed by atoms with Crippen LogP contribution in [0, 0.1) is 0 Å². The zero-order valence-corrected chi connectivity index (χ0v) is 14.7. The molecule has 0 atom stereocenters. The van der Waals surface area contributed by atoms with Gasteiger partial charge in [0.15, 0.2) is 0 Å². The smallest absolute Gasteiger partial charge is 0.226 e. The van der Waals surface area contributed by atoms with Crippen LogP contribution in [-0.2, 0) is 17.8 Å². The van der Waals surface area contributed by atoms with Crippen molar-refractivity contribution in [2.24, 2.45) is 0 Å². The van der Waals surface area contributed by atoms with Crippen molar-refractivity contribution in [1.82, 2.24) is 14.7 Å². The van der Waals surface area contributed by atoms with Crippen LogP contribution in [0.1, 0.15) is 48.6 Å². The largest absolute Gasteiger partial charge is 0.311 e. The summed E-state index contributed by atoms with van der Waals surface area (Å²) in [5.74, 6) is 0.941. The first-order valence-electron chi connectivity index (χ1n) is 8.90. The number of carbonyl (C=O) groups excluding carboxylic acids is 1. The van der Waals surface area contributed by atoms with Crippen molar-refractivity contribution < 1.29 is 4.79 Å². The summed E-state index contributed by atoms with van der Waals surface area (Å²) in [6, 6.07) is 4.58. The lowest BCUT2D eigenvalue weighted by Gasteiger charge is -2.26. The van der Waals surface area contributed by atoms with Gasteiger partial charge in [0.2, 0.25) is 5.91 Å². The standard InChI is InChI=1S/C18H24N4OS/c23-18(7-11-21-10-6-16-14(13-21)8-12-24-16)20-17-5-9-19-22(17)15-3-1-2-4-15/h5,8-9,12,15H,1-4,6-7,10-11,13H2,(H,20,23). The predicted molar refractivity (Wildman–Crippen MR) is 96.3 cm³/mol. The molecule has 0 unspecified atom stereocenters. The average Bonchev–Trinajstić information content (AvgIpc) is 3.32. The number of anilines is 1. The molecular weight excluding hydrogens is 320 g/mol. The Balaban J connectivity index is 1.29. The van der Waals surface area contributed by atoms with E-state index in [1.165, 1.54) is 36.1 Å². The van der Waals surface area contributed by atoms with Crippen molar-refractivity contribution in [3.8, 4) is 0 Å². The highest BCUT2D eigenvalue weighted by molar-refractivity contribution is 7.10. The average molecular weight is 344 g/mol. The summed E-state index contributed by atoms with van der Waals surface area (Å²) in [6.07, 6.45) is 8.30. The van der Waals surface area contributed by atoms with Gasteiger partial charge in [0.1, 0.15) is 5.82 Å². The maximum absolute atomic E-state index is 12.3. The molecular formula is C18H24N4OS. The van der Waals surface area contributed by atoms with Gasteiger partial charge >= 0.3 is 0 Å². The molecule has 0 radical (unpaired) electrons. The van der Waals surface area contributed by atoms with Crippen LogP contribution >= 0.6 is 11.3 Å². The van der Waals surface area contributed by atoms with Gasteiger partial charge in [-0.05, 0) is 36.3 Å². The zero-order valence-electron chi connectivity index (χ0n) is 13.9. The lowest BCUT2D eigenvalue weighted by Crippen LogP contribution is -2.32. The number of nitrogens with one attached hydrogen (secondary N) is 1. The fourth-order valence-electron chi connectivity index (χ4n) is 3.82. The number of nitrogens with zero attached hydrogens (tertiary/aromatic N) is 3. The second-order valence-corrected chi connectivity index (χ2v) is 7.79. The summed E-state index contributed by atoms with van der Waals surface area (Å²) in [4.78, 5) is 16.2. The third-order valence-electron chi connectivity index (χ3n) is 5.15. The summed E-state index contributed by atoms with van der Waals surface area (Å²) >= 11 is 1.85. The molecule has 2 aromatic rings. The van der Waals surface area contributed by atoms with Gasteiger partial charge < -0.3 is 5.32 Å². The first-order valence-corrected chi connectivity index (χ1v) is 9.78. The summed E-state index contributed by atoms with van der Waals surface area (Å²) < 4.78 is 2.00.